The zero-order valence-electron chi connectivity index (χ0n) is 11.9. The summed E-state index contributed by atoms with van der Waals surface area (Å²) >= 11 is 0. The lowest BCUT2D eigenvalue weighted by atomic mass is 10.1. The maximum atomic E-state index is 12.5. The van der Waals surface area contributed by atoms with Crippen molar-refractivity contribution >= 4 is 18.0 Å². The molecule has 0 saturated heterocycles. The van der Waals surface area contributed by atoms with Gasteiger partial charge in [-0.2, -0.15) is 0 Å². The molecule has 20 heavy (non-hydrogen) atoms. The Labute approximate surface area is 118 Å². The van der Waals surface area contributed by atoms with Crippen molar-refractivity contribution in [3.05, 3.63) is 35.7 Å². The number of carbonyl (C=O) groups is 2. The number of aliphatic carboxylic acids is 1. The van der Waals surface area contributed by atoms with Crippen LogP contribution in [0.1, 0.15) is 42.7 Å². The second-order valence-corrected chi connectivity index (χ2v) is 4.41. The van der Waals surface area contributed by atoms with Crippen molar-refractivity contribution in [2.45, 2.75) is 26.7 Å². The van der Waals surface area contributed by atoms with Crippen LogP contribution in [0.3, 0.4) is 0 Å². The molecule has 0 aliphatic rings. The lowest BCUT2D eigenvalue weighted by Crippen LogP contribution is -2.33. The summed E-state index contributed by atoms with van der Waals surface area (Å²) in [4.78, 5) is 28.9. The summed E-state index contributed by atoms with van der Waals surface area (Å²) in [7, 11) is 0. The average Bonchev–Trinajstić information content (AvgIpc) is 2.44. The van der Waals surface area contributed by atoms with Crippen molar-refractivity contribution < 1.29 is 14.7 Å². The lowest BCUT2D eigenvalue weighted by molar-refractivity contribution is -0.131. The first-order chi connectivity index (χ1) is 9.60. The zero-order chi connectivity index (χ0) is 15.0. The van der Waals surface area contributed by atoms with E-state index in [9.17, 15) is 9.59 Å². The second kappa shape index (κ2) is 8.09. The van der Waals surface area contributed by atoms with Gasteiger partial charge in [-0.15, -0.1) is 0 Å². The Hall–Kier alpha value is -2.17. The van der Waals surface area contributed by atoms with Crippen molar-refractivity contribution in [3.8, 4) is 0 Å². The van der Waals surface area contributed by atoms with Crippen LogP contribution >= 0.6 is 0 Å². The number of carboxylic acids is 1. The molecule has 1 heterocycles. The van der Waals surface area contributed by atoms with Gasteiger partial charge >= 0.3 is 5.97 Å². The van der Waals surface area contributed by atoms with Crippen LogP contribution in [-0.4, -0.2) is 40.0 Å². The predicted molar refractivity (Wildman–Crippen MR) is 77.4 cm³/mol. The van der Waals surface area contributed by atoms with E-state index >= 15 is 0 Å². The van der Waals surface area contributed by atoms with Crippen LogP contribution in [0, 0.1) is 0 Å². The highest BCUT2D eigenvalue weighted by Gasteiger charge is 2.17. The summed E-state index contributed by atoms with van der Waals surface area (Å²) < 4.78 is 0. The van der Waals surface area contributed by atoms with Crippen molar-refractivity contribution in [3.63, 3.8) is 0 Å². The molecule has 0 aromatic carbocycles. The van der Waals surface area contributed by atoms with E-state index in [0.717, 1.165) is 18.9 Å². The molecule has 1 rings (SSSR count). The summed E-state index contributed by atoms with van der Waals surface area (Å²) in [5.74, 6) is -1.20. The molecule has 1 aromatic heterocycles. The standard InChI is InChI=1S/C15H20N2O3/c1-3-10-17(11-4-2)15(20)14-12(6-5-9-16-14)7-8-13(18)19/h5-9H,3-4,10-11H2,1-2H3,(H,18,19)/b8-7+. The maximum Gasteiger partial charge on any atom is 0.328 e. The Morgan fingerprint density at radius 3 is 2.50 bits per heavy atom. The zero-order valence-corrected chi connectivity index (χ0v) is 11.9. The summed E-state index contributed by atoms with van der Waals surface area (Å²) in [6.45, 7) is 5.37. The normalized spacial score (nSPS) is 10.7. The summed E-state index contributed by atoms with van der Waals surface area (Å²) in [6.07, 6.45) is 5.70. The smallest absolute Gasteiger partial charge is 0.328 e. The molecule has 108 valence electrons. The van der Waals surface area contributed by atoms with Gasteiger partial charge in [0, 0.05) is 30.9 Å². The third kappa shape index (κ3) is 4.50. The number of amides is 1. The SMILES string of the molecule is CCCN(CCC)C(=O)c1ncccc1/C=C/C(=O)O. The number of pyridine rings is 1. The monoisotopic (exact) mass is 276 g/mol. The predicted octanol–water partition coefficient (Wildman–Crippen LogP) is 2.44. The van der Waals surface area contributed by atoms with Crippen molar-refractivity contribution in [1.82, 2.24) is 9.88 Å². The molecule has 0 saturated carbocycles. The van der Waals surface area contributed by atoms with Gasteiger partial charge in [0.2, 0.25) is 0 Å². The van der Waals surface area contributed by atoms with Gasteiger partial charge in [0.25, 0.3) is 5.91 Å². The molecule has 0 unspecified atom stereocenters. The van der Waals surface area contributed by atoms with Crippen molar-refractivity contribution in [1.29, 1.82) is 0 Å². The van der Waals surface area contributed by atoms with Crippen LogP contribution in [0.25, 0.3) is 6.08 Å². The average molecular weight is 276 g/mol. The molecule has 0 bridgehead atoms. The molecule has 0 radical (unpaired) electrons. The minimum absolute atomic E-state index is 0.153. The van der Waals surface area contributed by atoms with Crippen LogP contribution in [0.2, 0.25) is 0 Å². The Morgan fingerprint density at radius 2 is 1.95 bits per heavy atom. The Bertz CT molecular complexity index is 492. The molecule has 5 heteroatoms. The Kier molecular flexibility index (Phi) is 6.43. The molecular formula is C15H20N2O3. The molecule has 0 atom stereocenters. The lowest BCUT2D eigenvalue weighted by Gasteiger charge is -2.21. The van der Waals surface area contributed by atoms with Crippen LogP contribution in [0.15, 0.2) is 24.4 Å². The number of hydrogen-bond acceptors (Lipinski definition) is 3. The highest BCUT2D eigenvalue weighted by atomic mass is 16.4. The first-order valence-corrected chi connectivity index (χ1v) is 6.75. The molecule has 0 aliphatic heterocycles. The van der Waals surface area contributed by atoms with Gasteiger partial charge in [0.15, 0.2) is 0 Å². The van der Waals surface area contributed by atoms with Crippen LogP contribution in [0.4, 0.5) is 0 Å². The van der Waals surface area contributed by atoms with Crippen LogP contribution < -0.4 is 0 Å². The Balaban J connectivity index is 3.04. The van der Waals surface area contributed by atoms with E-state index in [1.165, 1.54) is 6.08 Å². The van der Waals surface area contributed by atoms with E-state index < -0.39 is 5.97 Å². The van der Waals surface area contributed by atoms with Gasteiger partial charge in [-0.1, -0.05) is 19.9 Å². The Morgan fingerprint density at radius 1 is 1.30 bits per heavy atom. The molecule has 1 amide bonds. The fraction of sp³-hybridized carbons (Fsp3) is 0.400. The van der Waals surface area contributed by atoms with Crippen LogP contribution in [0.5, 0.6) is 0 Å². The third-order valence-electron chi connectivity index (χ3n) is 2.72. The van der Waals surface area contributed by atoms with Gasteiger partial charge in [-0.3, -0.25) is 9.78 Å². The van der Waals surface area contributed by atoms with E-state index in [4.69, 9.17) is 5.11 Å². The van der Waals surface area contributed by atoms with Gasteiger partial charge in [-0.25, -0.2) is 4.79 Å². The quantitative estimate of drug-likeness (QED) is 0.776. The van der Waals surface area contributed by atoms with E-state index in [1.807, 2.05) is 13.8 Å². The summed E-state index contributed by atoms with van der Waals surface area (Å²) in [5.41, 5.74) is 0.823. The van der Waals surface area contributed by atoms with E-state index in [1.54, 1.807) is 23.2 Å². The van der Waals surface area contributed by atoms with E-state index in [2.05, 4.69) is 4.98 Å². The first kappa shape index (κ1) is 15.9. The fourth-order valence-electron chi connectivity index (χ4n) is 1.90. The molecule has 0 aliphatic carbocycles. The van der Waals surface area contributed by atoms with Crippen LogP contribution in [-0.2, 0) is 4.79 Å². The first-order valence-electron chi connectivity index (χ1n) is 6.75. The molecule has 0 spiro atoms. The van der Waals surface area contributed by atoms with Crippen molar-refractivity contribution in [2.75, 3.05) is 13.1 Å². The number of aromatic nitrogens is 1. The summed E-state index contributed by atoms with van der Waals surface area (Å²) in [5, 5.41) is 8.68. The third-order valence-corrected chi connectivity index (χ3v) is 2.72. The largest absolute Gasteiger partial charge is 0.478 e. The number of nitrogens with zero attached hydrogens (tertiary/aromatic N) is 2. The fourth-order valence-corrected chi connectivity index (χ4v) is 1.90. The number of rotatable bonds is 7. The maximum absolute atomic E-state index is 12.5. The highest BCUT2D eigenvalue weighted by molar-refractivity contribution is 5.97. The topological polar surface area (TPSA) is 70.5 Å². The van der Waals surface area contributed by atoms with E-state index in [0.29, 0.717) is 24.3 Å². The minimum atomic E-state index is -1.05. The van der Waals surface area contributed by atoms with Gasteiger partial charge in [-0.05, 0) is 25.0 Å². The van der Waals surface area contributed by atoms with Gasteiger partial charge in [0.05, 0.1) is 0 Å². The number of carboxylic acid groups (broad SMARTS) is 1. The van der Waals surface area contributed by atoms with Crippen molar-refractivity contribution in [2.24, 2.45) is 0 Å². The van der Waals surface area contributed by atoms with Gasteiger partial charge in [0.1, 0.15) is 5.69 Å². The molecule has 1 N–H and O–H groups in total. The van der Waals surface area contributed by atoms with Gasteiger partial charge < -0.3 is 10.0 Å². The number of hydrogen-bond donors (Lipinski definition) is 1. The second-order valence-electron chi connectivity index (χ2n) is 4.41. The molecular weight excluding hydrogens is 256 g/mol. The molecule has 5 nitrogen and oxygen atoms in total. The summed E-state index contributed by atoms with van der Waals surface area (Å²) in [6, 6.07) is 3.37. The minimum Gasteiger partial charge on any atom is -0.478 e. The molecule has 1 aromatic rings. The number of carbonyl (C=O) groups excluding carboxylic acids is 1. The van der Waals surface area contributed by atoms with E-state index in [-0.39, 0.29) is 5.91 Å². The highest BCUT2D eigenvalue weighted by Crippen LogP contribution is 2.12. The molecule has 0 fully saturated rings.